The molecule has 0 atom stereocenters. The molecule has 24 heavy (non-hydrogen) atoms. The second-order valence-corrected chi connectivity index (χ2v) is 7.48. The highest BCUT2D eigenvalue weighted by molar-refractivity contribution is 9.10. The summed E-state index contributed by atoms with van der Waals surface area (Å²) in [5.74, 6) is 1.54. The summed E-state index contributed by atoms with van der Waals surface area (Å²) in [4.78, 5) is 6.80. The zero-order valence-corrected chi connectivity index (χ0v) is 16.4. The van der Waals surface area contributed by atoms with Gasteiger partial charge in [-0.2, -0.15) is 0 Å². The van der Waals surface area contributed by atoms with Crippen molar-refractivity contribution in [1.29, 1.82) is 0 Å². The van der Waals surface area contributed by atoms with Gasteiger partial charge in [-0.05, 0) is 78.0 Å². The molecule has 0 aromatic heterocycles. The molecule has 3 rings (SSSR count). The summed E-state index contributed by atoms with van der Waals surface area (Å²) in [6.45, 7) is 4.07. The van der Waals surface area contributed by atoms with Crippen molar-refractivity contribution in [2.75, 3.05) is 7.05 Å². The largest absolute Gasteiger partial charge is 0.457 e. The number of ether oxygens (including phenoxy) is 1. The Bertz CT molecular complexity index is 787. The predicted octanol–water partition coefficient (Wildman–Crippen LogP) is 6.27. The zero-order chi connectivity index (χ0) is 17.3. The van der Waals surface area contributed by atoms with Gasteiger partial charge in [0.2, 0.25) is 0 Å². The number of rotatable bonds is 5. The highest BCUT2D eigenvalue weighted by Crippen LogP contribution is 2.34. The van der Waals surface area contributed by atoms with Gasteiger partial charge in [-0.25, -0.2) is 4.99 Å². The number of nitrogens with zero attached hydrogens (tertiary/aromatic N) is 2. The van der Waals surface area contributed by atoms with Crippen molar-refractivity contribution in [1.82, 2.24) is 4.90 Å². The van der Waals surface area contributed by atoms with Crippen LogP contribution in [0.5, 0.6) is 11.5 Å². The normalized spacial score (nSPS) is 14.2. The van der Waals surface area contributed by atoms with Crippen LogP contribution in [-0.2, 0) is 0 Å². The molecule has 0 saturated heterocycles. The molecule has 0 radical (unpaired) electrons. The van der Waals surface area contributed by atoms with Crippen molar-refractivity contribution in [2.45, 2.75) is 32.7 Å². The Hall–Kier alpha value is -1.52. The van der Waals surface area contributed by atoms with E-state index in [0.29, 0.717) is 11.1 Å². The van der Waals surface area contributed by atoms with E-state index in [-0.39, 0.29) is 0 Å². The minimum atomic E-state index is 0.631. The first-order valence-electron chi connectivity index (χ1n) is 7.94. The van der Waals surface area contributed by atoms with Crippen molar-refractivity contribution in [3.05, 3.63) is 51.0 Å². The molecular weight excluding hydrogens is 388 g/mol. The van der Waals surface area contributed by atoms with Crippen LogP contribution in [0.3, 0.4) is 0 Å². The third-order valence-electron chi connectivity index (χ3n) is 4.11. The molecule has 126 valence electrons. The van der Waals surface area contributed by atoms with E-state index < -0.39 is 0 Å². The van der Waals surface area contributed by atoms with Gasteiger partial charge in [0.15, 0.2) is 0 Å². The number of halogens is 2. The maximum absolute atomic E-state index is 6.13. The summed E-state index contributed by atoms with van der Waals surface area (Å²) in [6.07, 6.45) is 4.46. The number of aryl methyl sites for hydroxylation is 2. The molecular formula is C19H20BrClN2O. The van der Waals surface area contributed by atoms with Gasteiger partial charge in [0.1, 0.15) is 11.5 Å². The number of aliphatic imine (C=N–C) groups is 1. The van der Waals surface area contributed by atoms with Crippen molar-refractivity contribution in [3.63, 3.8) is 0 Å². The van der Waals surface area contributed by atoms with E-state index in [1.807, 2.05) is 38.4 Å². The third kappa shape index (κ3) is 4.11. The number of hydrogen-bond donors (Lipinski definition) is 0. The summed E-state index contributed by atoms with van der Waals surface area (Å²) < 4.78 is 6.84. The van der Waals surface area contributed by atoms with Crippen LogP contribution in [0.4, 0.5) is 5.69 Å². The van der Waals surface area contributed by atoms with Gasteiger partial charge in [0.05, 0.1) is 17.0 Å². The molecule has 1 aliphatic carbocycles. The van der Waals surface area contributed by atoms with E-state index in [1.54, 1.807) is 6.07 Å². The Kier molecular flexibility index (Phi) is 5.16. The third-order valence-corrected chi connectivity index (χ3v) is 5.35. The second kappa shape index (κ2) is 7.16. The lowest BCUT2D eigenvalue weighted by Gasteiger charge is -2.13. The SMILES string of the molecule is Cc1cc(Oc2ccc(Br)c(Cl)c2)c(C)cc1/N=C/N(C)C1CC1. The van der Waals surface area contributed by atoms with Crippen LogP contribution in [0.25, 0.3) is 0 Å². The van der Waals surface area contributed by atoms with Crippen LogP contribution in [0.2, 0.25) is 5.02 Å². The number of hydrogen-bond acceptors (Lipinski definition) is 2. The first-order chi connectivity index (χ1) is 11.4. The lowest BCUT2D eigenvalue weighted by molar-refractivity contribution is 0.478. The van der Waals surface area contributed by atoms with Crippen LogP contribution in [-0.4, -0.2) is 24.3 Å². The summed E-state index contributed by atoms with van der Waals surface area (Å²) in [5, 5.41) is 0.631. The summed E-state index contributed by atoms with van der Waals surface area (Å²) >= 11 is 9.51. The fraction of sp³-hybridized carbons (Fsp3) is 0.316. The van der Waals surface area contributed by atoms with E-state index in [0.717, 1.165) is 32.8 Å². The summed E-state index contributed by atoms with van der Waals surface area (Å²) in [5.41, 5.74) is 3.10. The molecule has 0 bridgehead atoms. The lowest BCUT2D eigenvalue weighted by atomic mass is 10.1. The Morgan fingerprint density at radius 3 is 2.62 bits per heavy atom. The highest BCUT2D eigenvalue weighted by Gasteiger charge is 2.24. The zero-order valence-electron chi connectivity index (χ0n) is 14.0. The summed E-state index contributed by atoms with van der Waals surface area (Å²) in [6, 6.07) is 10.3. The molecule has 0 amide bonds. The minimum Gasteiger partial charge on any atom is -0.457 e. The molecule has 1 fully saturated rings. The molecule has 0 aliphatic heterocycles. The topological polar surface area (TPSA) is 24.8 Å². The van der Waals surface area contributed by atoms with Crippen LogP contribution >= 0.6 is 27.5 Å². The van der Waals surface area contributed by atoms with Gasteiger partial charge in [0, 0.05) is 23.6 Å². The Morgan fingerprint density at radius 2 is 1.96 bits per heavy atom. The smallest absolute Gasteiger partial charge is 0.130 e. The van der Waals surface area contributed by atoms with E-state index in [2.05, 4.69) is 38.9 Å². The monoisotopic (exact) mass is 406 g/mol. The van der Waals surface area contributed by atoms with Crippen molar-refractivity contribution < 1.29 is 4.74 Å². The lowest BCUT2D eigenvalue weighted by Crippen LogP contribution is -2.17. The minimum absolute atomic E-state index is 0.631. The van der Waals surface area contributed by atoms with Crippen LogP contribution in [0.15, 0.2) is 39.8 Å². The standard InChI is InChI=1S/C19H20BrClN2O/c1-12-9-19(24-15-6-7-16(20)17(21)10-15)13(2)8-18(12)22-11-23(3)14-4-5-14/h6-11,14H,4-5H2,1-3H3/b22-11+. The first kappa shape index (κ1) is 17.3. The van der Waals surface area contributed by atoms with E-state index in [1.165, 1.54) is 12.8 Å². The van der Waals surface area contributed by atoms with E-state index in [9.17, 15) is 0 Å². The Morgan fingerprint density at radius 1 is 1.21 bits per heavy atom. The highest BCUT2D eigenvalue weighted by atomic mass is 79.9. The van der Waals surface area contributed by atoms with Crippen LogP contribution < -0.4 is 4.74 Å². The molecule has 0 N–H and O–H groups in total. The fourth-order valence-electron chi connectivity index (χ4n) is 2.42. The van der Waals surface area contributed by atoms with Crippen LogP contribution in [0.1, 0.15) is 24.0 Å². The van der Waals surface area contributed by atoms with Gasteiger partial charge < -0.3 is 9.64 Å². The predicted molar refractivity (Wildman–Crippen MR) is 104 cm³/mol. The summed E-state index contributed by atoms with van der Waals surface area (Å²) in [7, 11) is 2.08. The Labute approximate surface area is 156 Å². The molecule has 0 heterocycles. The van der Waals surface area contributed by atoms with E-state index in [4.69, 9.17) is 16.3 Å². The fourth-order valence-corrected chi connectivity index (χ4v) is 2.84. The molecule has 0 spiro atoms. The number of benzene rings is 2. The Balaban J connectivity index is 1.79. The molecule has 1 aliphatic rings. The maximum Gasteiger partial charge on any atom is 0.130 e. The molecule has 5 heteroatoms. The van der Waals surface area contributed by atoms with Crippen molar-refractivity contribution in [2.24, 2.45) is 4.99 Å². The average Bonchev–Trinajstić information content (AvgIpc) is 3.37. The molecule has 3 nitrogen and oxygen atoms in total. The van der Waals surface area contributed by atoms with Crippen LogP contribution in [0, 0.1) is 13.8 Å². The average molecular weight is 408 g/mol. The van der Waals surface area contributed by atoms with E-state index >= 15 is 0 Å². The van der Waals surface area contributed by atoms with Crippen molar-refractivity contribution >= 4 is 39.6 Å². The van der Waals surface area contributed by atoms with Gasteiger partial charge in [-0.1, -0.05) is 11.6 Å². The van der Waals surface area contributed by atoms with Gasteiger partial charge in [-0.15, -0.1) is 0 Å². The molecule has 1 saturated carbocycles. The molecule has 2 aromatic carbocycles. The second-order valence-electron chi connectivity index (χ2n) is 6.22. The maximum atomic E-state index is 6.13. The quantitative estimate of drug-likeness (QED) is 0.431. The van der Waals surface area contributed by atoms with Gasteiger partial charge in [-0.3, -0.25) is 0 Å². The molecule has 0 unspecified atom stereocenters. The van der Waals surface area contributed by atoms with Crippen molar-refractivity contribution in [3.8, 4) is 11.5 Å². The first-order valence-corrected chi connectivity index (χ1v) is 9.11. The van der Waals surface area contributed by atoms with Gasteiger partial charge >= 0.3 is 0 Å². The van der Waals surface area contributed by atoms with Gasteiger partial charge in [0.25, 0.3) is 0 Å². The molecule has 2 aromatic rings.